The molecule has 0 aliphatic heterocycles. The maximum Gasteiger partial charge on any atom is 0.241 e. The van der Waals surface area contributed by atoms with Gasteiger partial charge in [0, 0.05) is 19.2 Å². The van der Waals surface area contributed by atoms with E-state index in [1.165, 1.54) is 18.2 Å². The first-order valence-electron chi connectivity index (χ1n) is 7.75. The number of ether oxygens (including phenoxy) is 2. The Morgan fingerprint density at radius 3 is 2.32 bits per heavy atom. The van der Waals surface area contributed by atoms with Crippen LogP contribution in [0.4, 0.5) is 0 Å². The fourth-order valence-electron chi connectivity index (χ4n) is 1.83. The molecule has 0 radical (unpaired) electrons. The van der Waals surface area contributed by atoms with Crippen LogP contribution < -0.4 is 24.8 Å². The van der Waals surface area contributed by atoms with Crippen molar-refractivity contribution in [3.63, 3.8) is 0 Å². The highest BCUT2D eigenvalue weighted by molar-refractivity contribution is 7.89. The molecule has 0 aromatic heterocycles. The minimum atomic E-state index is -3.82. The molecule has 0 aliphatic carbocycles. The molecule has 0 unspecified atom stereocenters. The lowest BCUT2D eigenvalue weighted by Crippen LogP contribution is -2.39. The molecule has 1 rings (SSSR count). The summed E-state index contributed by atoms with van der Waals surface area (Å²) in [5, 5.41) is 5.47. The summed E-state index contributed by atoms with van der Waals surface area (Å²) in [5.74, 6) is 0.425. The zero-order chi connectivity index (χ0) is 18.0. The van der Waals surface area contributed by atoms with Gasteiger partial charge in [-0.15, -0.1) is 12.4 Å². The number of hydrogen-bond acceptors (Lipinski definition) is 6. The molecule has 1 aromatic rings. The number of nitrogens with one attached hydrogen (secondary N) is 3. The van der Waals surface area contributed by atoms with Gasteiger partial charge >= 0.3 is 0 Å². The lowest BCUT2D eigenvalue weighted by atomic mass is 10.3. The number of hydrogen-bond donors (Lipinski definition) is 3. The molecule has 0 spiro atoms. The van der Waals surface area contributed by atoms with Gasteiger partial charge in [-0.25, -0.2) is 13.1 Å². The Bertz CT molecular complexity index is 640. The molecule has 0 saturated heterocycles. The Morgan fingerprint density at radius 2 is 1.72 bits per heavy atom. The molecule has 144 valence electrons. The van der Waals surface area contributed by atoms with E-state index in [9.17, 15) is 13.2 Å². The second kappa shape index (κ2) is 11.9. The summed E-state index contributed by atoms with van der Waals surface area (Å²) in [4.78, 5) is 11.6. The molecule has 8 nitrogen and oxygen atoms in total. The van der Waals surface area contributed by atoms with E-state index in [1.54, 1.807) is 14.0 Å². The molecule has 1 aromatic carbocycles. The average Bonchev–Trinajstić information content (AvgIpc) is 2.55. The van der Waals surface area contributed by atoms with Crippen molar-refractivity contribution in [2.24, 2.45) is 0 Å². The quantitative estimate of drug-likeness (QED) is 0.472. The monoisotopic (exact) mass is 395 g/mol. The van der Waals surface area contributed by atoms with E-state index < -0.39 is 15.9 Å². The third-order valence-corrected chi connectivity index (χ3v) is 4.34. The van der Waals surface area contributed by atoms with Crippen molar-refractivity contribution >= 4 is 28.3 Å². The summed E-state index contributed by atoms with van der Waals surface area (Å²) in [6, 6.07) is 4.33. The lowest BCUT2D eigenvalue weighted by molar-refractivity contribution is -0.119. The Kier molecular flexibility index (Phi) is 11.2. The summed E-state index contributed by atoms with van der Waals surface area (Å²) < 4.78 is 37.7. The van der Waals surface area contributed by atoms with Gasteiger partial charge in [-0.3, -0.25) is 4.79 Å². The molecule has 25 heavy (non-hydrogen) atoms. The topological polar surface area (TPSA) is 106 Å². The van der Waals surface area contributed by atoms with Crippen molar-refractivity contribution in [3.8, 4) is 11.5 Å². The van der Waals surface area contributed by atoms with Crippen LogP contribution in [0.25, 0.3) is 0 Å². The van der Waals surface area contributed by atoms with E-state index >= 15 is 0 Å². The molecular weight excluding hydrogens is 370 g/mol. The smallest absolute Gasteiger partial charge is 0.241 e. The molecule has 0 atom stereocenters. The predicted octanol–water partition coefficient (Wildman–Crippen LogP) is 0.520. The molecule has 0 saturated carbocycles. The van der Waals surface area contributed by atoms with E-state index in [-0.39, 0.29) is 23.8 Å². The molecule has 0 heterocycles. The second-order valence-corrected chi connectivity index (χ2v) is 6.52. The Hall–Kier alpha value is -1.55. The van der Waals surface area contributed by atoms with E-state index in [1.807, 2.05) is 6.92 Å². The number of carbonyl (C=O) groups is 1. The zero-order valence-electron chi connectivity index (χ0n) is 14.6. The predicted molar refractivity (Wildman–Crippen MR) is 98.2 cm³/mol. The first kappa shape index (κ1) is 23.4. The molecule has 10 heteroatoms. The maximum atomic E-state index is 12.3. The second-order valence-electron chi connectivity index (χ2n) is 4.75. The fourth-order valence-corrected chi connectivity index (χ4v) is 2.83. The molecule has 3 N–H and O–H groups in total. The van der Waals surface area contributed by atoms with Gasteiger partial charge in [-0.1, -0.05) is 0 Å². The van der Waals surface area contributed by atoms with Crippen LogP contribution in [0.2, 0.25) is 0 Å². The third kappa shape index (κ3) is 7.91. The minimum Gasteiger partial charge on any atom is -0.490 e. The normalized spacial score (nSPS) is 10.7. The Balaban J connectivity index is 0.00000576. The van der Waals surface area contributed by atoms with Crippen molar-refractivity contribution in [1.29, 1.82) is 0 Å². The summed E-state index contributed by atoms with van der Waals surface area (Å²) in [7, 11) is -2.06. The summed E-state index contributed by atoms with van der Waals surface area (Å²) >= 11 is 0. The van der Waals surface area contributed by atoms with Gasteiger partial charge in [0.25, 0.3) is 0 Å². The van der Waals surface area contributed by atoms with Crippen molar-refractivity contribution in [2.45, 2.75) is 18.7 Å². The first-order valence-corrected chi connectivity index (χ1v) is 9.23. The molecule has 0 bridgehead atoms. The summed E-state index contributed by atoms with van der Waals surface area (Å²) in [5.41, 5.74) is 0. The van der Waals surface area contributed by atoms with E-state index in [2.05, 4.69) is 15.4 Å². The number of likely N-dealkylation sites (N-methyl/N-ethyl adjacent to an activating group) is 1. The van der Waals surface area contributed by atoms with Gasteiger partial charge in [0.1, 0.15) is 0 Å². The van der Waals surface area contributed by atoms with Crippen LogP contribution in [0.1, 0.15) is 13.8 Å². The van der Waals surface area contributed by atoms with Crippen LogP contribution in [0, 0.1) is 0 Å². The highest BCUT2D eigenvalue weighted by Crippen LogP contribution is 2.30. The van der Waals surface area contributed by atoms with Crippen LogP contribution in [-0.4, -0.2) is 54.2 Å². The lowest BCUT2D eigenvalue weighted by Gasteiger charge is -2.13. The zero-order valence-corrected chi connectivity index (χ0v) is 16.3. The van der Waals surface area contributed by atoms with Gasteiger partial charge < -0.3 is 20.1 Å². The largest absolute Gasteiger partial charge is 0.490 e. The van der Waals surface area contributed by atoms with Gasteiger partial charge in [0.2, 0.25) is 15.9 Å². The highest BCUT2D eigenvalue weighted by Gasteiger charge is 2.18. The van der Waals surface area contributed by atoms with Gasteiger partial charge in [-0.05, 0) is 33.0 Å². The van der Waals surface area contributed by atoms with Crippen molar-refractivity contribution in [3.05, 3.63) is 18.2 Å². The van der Waals surface area contributed by atoms with Crippen LogP contribution in [0.3, 0.4) is 0 Å². The van der Waals surface area contributed by atoms with Crippen LogP contribution in [0.5, 0.6) is 11.5 Å². The fraction of sp³-hybridized carbons (Fsp3) is 0.533. The SMILES string of the molecule is CCOc1ccc(S(=O)(=O)NCC(=O)NCCNC)cc1OCC.Cl. The number of halogens is 1. The van der Waals surface area contributed by atoms with E-state index in [0.29, 0.717) is 37.8 Å². The number of sulfonamides is 1. The van der Waals surface area contributed by atoms with Crippen LogP contribution in [-0.2, 0) is 14.8 Å². The standard InChI is InChI=1S/C15H25N3O5S.ClH/c1-4-22-13-7-6-12(10-14(13)23-5-2)24(20,21)18-11-15(19)17-9-8-16-3;/h6-7,10,16,18H,4-5,8-9,11H2,1-3H3,(H,17,19);1H. The number of rotatable bonds is 11. The van der Waals surface area contributed by atoms with Gasteiger partial charge in [0.05, 0.1) is 24.7 Å². The van der Waals surface area contributed by atoms with Crippen molar-refractivity contribution in [2.75, 3.05) is 39.9 Å². The number of benzene rings is 1. The van der Waals surface area contributed by atoms with Crippen LogP contribution >= 0.6 is 12.4 Å². The Morgan fingerprint density at radius 1 is 1.08 bits per heavy atom. The average molecular weight is 396 g/mol. The van der Waals surface area contributed by atoms with E-state index in [0.717, 1.165) is 0 Å². The summed E-state index contributed by atoms with van der Waals surface area (Å²) in [6.45, 7) is 5.15. The molecular formula is C15H26ClN3O5S. The van der Waals surface area contributed by atoms with E-state index in [4.69, 9.17) is 9.47 Å². The summed E-state index contributed by atoms with van der Waals surface area (Å²) in [6.07, 6.45) is 0. The minimum absolute atomic E-state index is 0. The van der Waals surface area contributed by atoms with Crippen LogP contribution in [0.15, 0.2) is 23.1 Å². The number of amides is 1. The molecule has 1 amide bonds. The highest BCUT2D eigenvalue weighted by atomic mass is 35.5. The van der Waals surface area contributed by atoms with Gasteiger partial charge in [-0.2, -0.15) is 0 Å². The van der Waals surface area contributed by atoms with Crippen molar-refractivity contribution in [1.82, 2.24) is 15.4 Å². The third-order valence-electron chi connectivity index (χ3n) is 2.95. The number of carbonyl (C=O) groups excluding carboxylic acids is 1. The van der Waals surface area contributed by atoms with Crippen molar-refractivity contribution < 1.29 is 22.7 Å². The van der Waals surface area contributed by atoms with Gasteiger partial charge in [0.15, 0.2) is 11.5 Å². The maximum absolute atomic E-state index is 12.3. The first-order chi connectivity index (χ1) is 11.4. The Labute approximate surface area is 155 Å². The molecule has 0 fully saturated rings. The molecule has 0 aliphatic rings.